The number of carbonyl (C=O) groups excluding carboxylic acids is 1. The molecule has 144 valence electrons. The van der Waals surface area contributed by atoms with Crippen molar-refractivity contribution >= 4 is 15.9 Å². The van der Waals surface area contributed by atoms with Crippen molar-refractivity contribution in [1.29, 1.82) is 0 Å². The average Bonchev–Trinajstić information content (AvgIpc) is 3.08. The van der Waals surface area contributed by atoms with Gasteiger partial charge in [0, 0.05) is 19.1 Å². The second-order valence-corrected chi connectivity index (χ2v) is 9.07. The zero-order chi connectivity index (χ0) is 18.4. The fourth-order valence-corrected chi connectivity index (χ4v) is 5.14. The molecule has 0 atom stereocenters. The Hall–Kier alpha value is -1.60. The van der Waals surface area contributed by atoms with Crippen molar-refractivity contribution < 1.29 is 17.9 Å². The normalized spacial score (nSPS) is 19.8. The van der Waals surface area contributed by atoms with Crippen LogP contribution >= 0.6 is 0 Å². The lowest BCUT2D eigenvalue weighted by atomic mass is 10.1. The van der Waals surface area contributed by atoms with E-state index >= 15 is 0 Å². The molecule has 1 aliphatic carbocycles. The number of hydrogen-bond donors (Lipinski definition) is 1. The van der Waals surface area contributed by atoms with Gasteiger partial charge in [-0.05, 0) is 49.9 Å². The molecule has 1 amide bonds. The summed E-state index contributed by atoms with van der Waals surface area (Å²) < 4.78 is 32.0. The predicted molar refractivity (Wildman–Crippen MR) is 99.6 cm³/mol. The second kappa shape index (κ2) is 8.86. The number of carbonyl (C=O) groups is 1. The van der Waals surface area contributed by atoms with Gasteiger partial charge in [0.25, 0.3) is 5.91 Å². The maximum absolute atomic E-state index is 12.5. The molecule has 1 saturated heterocycles. The lowest BCUT2D eigenvalue weighted by Gasteiger charge is -2.17. The molecule has 6 nitrogen and oxygen atoms in total. The summed E-state index contributed by atoms with van der Waals surface area (Å²) in [4.78, 5) is 12.3. The molecular formula is C19H28N2O4S. The molecule has 0 spiro atoms. The molecule has 1 saturated carbocycles. The highest BCUT2D eigenvalue weighted by Crippen LogP contribution is 2.23. The summed E-state index contributed by atoms with van der Waals surface area (Å²) in [6.45, 7) is 1.12. The van der Waals surface area contributed by atoms with Crippen LogP contribution in [0.2, 0.25) is 0 Å². The molecule has 1 N–H and O–H groups in total. The fraction of sp³-hybridized carbons (Fsp3) is 0.632. The fourth-order valence-electron chi connectivity index (χ4n) is 3.63. The monoisotopic (exact) mass is 380 g/mol. The summed E-state index contributed by atoms with van der Waals surface area (Å²) in [6, 6.07) is 6.57. The molecule has 1 aromatic rings. The zero-order valence-electron chi connectivity index (χ0n) is 15.2. The molecular weight excluding hydrogens is 352 g/mol. The number of nitrogens with zero attached hydrogens (tertiary/aromatic N) is 1. The number of benzene rings is 1. The smallest absolute Gasteiger partial charge is 0.258 e. The maximum Gasteiger partial charge on any atom is 0.258 e. The molecule has 1 aromatic carbocycles. The summed E-state index contributed by atoms with van der Waals surface area (Å²) in [5, 5.41) is 3.04. The molecule has 3 rings (SSSR count). The molecule has 26 heavy (non-hydrogen) atoms. The summed E-state index contributed by atoms with van der Waals surface area (Å²) in [6.07, 6.45) is 8.72. The molecule has 0 aromatic heterocycles. The first-order chi connectivity index (χ1) is 12.6. The SMILES string of the molecule is O=C(COc1ccc(S(=O)(=O)N2CCCC2)cc1)NC1CCCCCC1. The highest BCUT2D eigenvalue weighted by molar-refractivity contribution is 7.89. The van der Waals surface area contributed by atoms with Gasteiger partial charge in [-0.2, -0.15) is 4.31 Å². The van der Waals surface area contributed by atoms with E-state index in [1.807, 2.05) is 0 Å². The van der Waals surface area contributed by atoms with Gasteiger partial charge in [0.15, 0.2) is 6.61 Å². The molecule has 1 aliphatic heterocycles. The molecule has 0 unspecified atom stereocenters. The summed E-state index contributed by atoms with van der Waals surface area (Å²) in [7, 11) is -3.41. The van der Waals surface area contributed by atoms with Gasteiger partial charge in [-0.15, -0.1) is 0 Å². The maximum atomic E-state index is 12.5. The summed E-state index contributed by atoms with van der Waals surface area (Å²) in [5.41, 5.74) is 0. The van der Waals surface area contributed by atoms with E-state index in [1.165, 1.54) is 30.0 Å². The van der Waals surface area contributed by atoms with Gasteiger partial charge in [0.2, 0.25) is 10.0 Å². The van der Waals surface area contributed by atoms with Crippen molar-refractivity contribution in [2.45, 2.75) is 62.3 Å². The van der Waals surface area contributed by atoms with Gasteiger partial charge in [-0.3, -0.25) is 4.79 Å². The Kier molecular flexibility index (Phi) is 6.53. The minimum atomic E-state index is -3.41. The van der Waals surface area contributed by atoms with Gasteiger partial charge < -0.3 is 10.1 Å². The van der Waals surface area contributed by atoms with Crippen LogP contribution in [0, 0.1) is 0 Å². The van der Waals surface area contributed by atoms with Crippen molar-refractivity contribution in [3.05, 3.63) is 24.3 Å². The van der Waals surface area contributed by atoms with E-state index in [0.717, 1.165) is 25.7 Å². The topological polar surface area (TPSA) is 75.7 Å². The first-order valence-electron chi connectivity index (χ1n) is 9.58. The van der Waals surface area contributed by atoms with Crippen molar-refractivity contribution in [2.75, 3.05) is 19.7 Å². The summed E-state index contributed by atoms with van der Waals surface area (Å²) in [5.74, 6) is 0.382. The van der Waals surface area contributed by atoms with E-state index in [4.69, 9.17) is 4.74 Å². The van der Waals surface area contributed by atoms with Crippen molar-refractivity contribution in [1.82, 2.24) is 9.62 Å². The third kappa shape index (κ3) is 4.98. The number of rotatable bonds is 6. The van der Waals surface area contributed by atoms with Gasteiger partial charge in [-0.25, -0.2) is 8.42 Å². The molecule has 1 heterocycles. The van der Waals surface area contributed by atoms with E-state index < -0.39 is 10.0 Å². The van der Waals surface area contributed by atoms with E-state index in [0.29, 0.717) is 18.8 Å². The van der Waals surface area contributed by atoms with Gasteiger partial charge in [0.05, 0.1) is 4.90 Å². The highest BCUT2D eigenvalue weighted by atomic mass is 32.2. The Morgan fingerprint density at radius 3 is 2.23 bits per heavy atom. The Morgan fingerprint density at radius 1 is 1.00 bits per heavy atom. The zero-order valence-corrected chi connectivity index (χ0v) is 16.0. The lowest BCUT2D eigenvalue weighted by Crippen LogP contribution is -2.37. The Balaban J connectivity index is 1.50. The first kappa shape index (κ1) is 19.2. The molecule has 2 fully saturated rings. The predicted octanol–water partition coefficient (Wildman–Crippen LogP) is 2.69. The van der Waals surface area contributed by atoms with Gasteiger partial charge in [-0.1, -0.05) is 25.7 Å². The van der Waals surface area contributed by atoms with Crippen LogP contribution < -0.4 is 10.1 Å². The minimum Gasteiger partial charge on any atom is -0.484 e. The van der Waals surface area contributed by atoms with Crippen molar-refractivity contribution in [3.8, 4) is 5.75 Å². The van der Waals surface area contributed by atoms with Crippen LogP contribution in [0.1, 0.15) is 51.4 Å². The molecule has 0 radical (unpaired) electrons. The highest BCUT2D eigenvalue weighted by Gasteiger charge is 2.27. The number of ether oxygens (including phenoxy) is 1. The van der Waals surface area contributed by atoms with E-state index in [1.54, 1.807) is 24.3 Å². The third-order valence-corrected chi connectivity index (χ3v) is 7.03. The quantitative estimate of drug-likeness (QED) is 0.770. The Bertz CT molecular complexity index is 689. The number of hydrogen-bond acceptors (Lipinski definition) is 4. The number of amides is 1. The largest absolute Gasteiger partial charge is 0.484 e. The summed E-state index contributed by atoms with van der Waals surface area (Å²) >= 11 is 0. The van der Waals surface area contributed by atoms with Crippen LogP contribution in [0.15, 0.2) is 29.2 Å². The standard InChI is InChI=1S/C19H28N2O4S/c22-19(20-16-7-3-1-2-4-8-16)15-25-17-9-11-18(12-10-17)26(23,24)21-13-5-6-14-21/h9-12,16H,1-8,13-15H2,(H,20,22). The Morgan fingerprint density at radius 2 is 1.62 bits per heavy atom. The van der Waals surface area contributed by atoms with Crippen LogP contribution in [-0.2, 0) is 14.8 Å². The molecule has 2 aliphatic rings. The van der Waals surface area contributed by atoms with Crippen LogP contribution in [0.3, 0.4) is 0 Å². The van der Waals surface area contributed by atoms with Crippen molar-refractivity contribution in [2.24, 2.45) is 0 Å². The van der Waals surface area contributed by atoms with Crippen LogP contribution in [0.4, 0.5) is 0 Å². The number of sulfonamides is 1. The van der Waals surface area contributed by atoms with Gasteiger partial charge in [0.1, 0.15) is 5.75 Å². The van der Waals surface area contributed by atoms with Crippen LogP contribution in [0.25, 0.3) is 0 Å². The van der Waals surface area contributed by atoms with Crippen LogP contribution in [0.5, 0.6) is 5.75 Å². The van der Waals surface area contributed by atoms with E-state index in [9.17, 15) is 13.2 Å². The molecule has 0 bridgehead atoms. The van der Waals surface area contributed by atoms with E-state index in [-0.39, 0.29) is 23.5 Å². The van der Waals surface area contributed by atoms with Crippen LogP contribution in [-0.4, -0.2) is 44.4 Å². The third-order valence-electron chi connectivity index (χ3n) is 5.12. The minimum absolute atomic E-state index is 0.0469. The first-order valence-corrected chi connectivity index (χ1v) is 11.0. The Labute approximate surface area is 156 Å². The second-order valence-electron chi connectivity index (χ2n) is 7.13. The lowest BCUT2D eigenvalue weighted by molar-refractivity contribution is -0.123. The van der Waals surface area contributed by atoms with E-state index in [2.05, 4.69) is 5.32 Å². The number of nitrogens with one attached hydrogen (secondary N) is 1. The molecule has 7 heteroatoms. The van der Waals surface area contributed by atoms with Crippen molar-refractivity contribution in [3.63, 3.8) is 0 Å². The van der Waals surface area contributed by atoms with Gasteiger partial charge >= 0.3 is 0 Å². The average molecular weight is 381 g/mol.